The summed E-state index contributed by atoms with van der Waals surface area (Å²) >= 11 is 0.848. The fourth-order valence-corrected chi connectivity index (χ4v) is 3.30. The van der Waals surface area contributed by atoms with Crippen molar-refractivity contribution in [2.45, 2.75) is 6.54 Å². The first-order valence-electron chi connectivity index (χ1n) is 7.43. The van der Waals surface area contributed by atoms with Crippen LogP contribution in [0.2, 0.25) is 0 Å². The van der Waals surface area contributed by atoms with Crippen LogP contribution in [-0.2, 0) is 16.1 Å². The maximum Gasteiger partial charge on any atom is 0.290 e. The molecular formula is C17H12N2O5S. The van der Waals surface area contributed by atoms with E-state index in [9.17, 15) is 14.4 Å². The highest BCUT2D eigenvalue weighted by Gasteiger charge is 2.27. The number of amides is 3. The highest BCUT2D eigenvalue weighted by atomic mass is 32.2. The van der Waals surface area contributed by atoms with Gasteiger partial charge in [0.25, 0.3) is 17.1 Å². The molecule has 1 aromatic carbocycles. The molecule has 0 unspecified atom stereocenters. The molecule has 0 radical (unpaired) electrons. The predicted octanol–water partition coefficient (Wildman–Crippen LogP) is 2.53. The zero-order valence-electron chi connectivity index (χ0n) is 12.9. The van der Waals surface area contributed by atoms with E-state index in [1.807, 2.05) is 0 Å². The second-order valence-electron chi connectivity index (χ2n) is 5.48. The first kappa shape index (κ1) is 15.5. The van der Waals surface area contributed by atoms with Crippen molar-refractivity contribution in [2.24, 2.45) is 0 Å². The molecule has 3 amide bonds. The molecule has 2 aliphatic rings. The average Bonchev–Trinajstić information content (AvgIpc) is 3.20. The summed E-state index contributed by atoms with van der Waals surface area (Å²) in [5.74, 6) is 0.00168. The molecule has 1 fully saturated rings. The summed E-state index contributed by atoms with van der Waals surface area (Å²) in [5.41, 5.74) is 2.17. The standard InChI is InChI=1S/C17H12N2O5S/c20-15-9-24-13-2-1-10(6-14-16(21)18-17(22)25-14)5-12(13)19(15)7-11-3-4-23-8-11/h1-6,8H,7,9H2,(H,18,21,22). The first-order valence-corrected chi connectivity index (χ1v) is 8.25. The van der Waals surface area contributed by atoms with E-state index in [0.717, 1.165) is 17.3 Å². The van der Waals surface area contributed by atoms with Crippen LogP contribution in [0.4, 0.5) is 10.5 Å². The van der Waals surface area contributed by atoms with Crippen LogP contribution in [0.25, 0.3) is 6.08 Å². The van der Waals surface area contributed by atoms with Gasteiger partial charge >= 0.3 is 0 Å². The number of anilines is 1. The number of nitrogens with one attached hydrogen (secondary N) is 1. The zero-order valence-corrected chi connectivity index (χ0v) is 13.7. The van der Waals surface area contributed by atoms with Gasteiger partial charge in [-0.1, -0.05) is 6.07 Å². The van der Waals surface area contributed by atoms with E-state index >= 15 is 0 Å². The molecule has 7 nitrogen and oxygen atoms in total. The predicted molar refractivity (Wildman–Crippen MR) is 90.9 cm³/mol. The molecular weight excluding hydrogens is 344 g/mol. The van der Waals surface area contributed by atoms with Crippen LogP contribution in [0, 0.1) is 0 Å². The maximum atomic E-state index is 12.3. The number of nitrogens with zero attached hydrogens (tertiary/aromatic N) is 1. The summed E-state index contributed by atoms with van der Waals surface area (Å²) in [6.07, 6.45) is 4.74. The van der Waals surface area contributed by atoms with Crippen molar-refractivity contribution in [1.82, 2.24) is 5.32 Å². The monoisotopic (exact) mass is 356 g/mol. The Hall–Kier alpha value is -3.00. The van der Waals surface area contributed by atoms with Crippen LogP contribution in [0.1, 0.15) is 11.1 Å². The highest BCUT2D eigenvalue weighted by Crippen LogP contribution is 2.35. The number of furan rings is 1. The molecule has 0 bridgehead atoms. The third-order valence-corrected chi connectivity index (χ3v) is 4.60. The Balaban J connectivity index is 1.69. The number of benzene rings is 1. The van der Waals surface area contributed by atoms with Gasteiger partial charge < -0.3 is 14.1 Å². The summed E-state index contributed by atoms with van der Waals surface area (Å²) in [7, 11) is 0. The van der Waals surface area contributed by atoms with Crippen LogP contribution in [0.15, 0.2) is 46.1 Å². The molecule has 0 atom stereocenters. The Bertz CT molecular complexity index is 904. The van der Waals surface area contributed by atoms with Crippen molar-refractivity contribution in [3.63, 3.8) is 0 Å². The SMILES string of the molecule is O=C1NC(=O)C(=Cc2ccc3c(c2)N(Cc2ccoc2)C(=O)CO3)S1. The average molecular weight is 356 g/mol. The fourth-order valence-electron chi connectivity index (χ4n) is 2.62. The van der Waals surface area contributed by atoms with Crippen LogP contribution >= 0.6 is 11.8 Å². The van der Waals surface area contributed by atoms with Gasteiger partial charge in [0, 0.05) is 5.56 Å². The normalized spacial score (nSPS) is 18.3. The highest BCUT2D eigenvalue weighted by molar-refractivity contribution is 8.18. The molecule has 25 heavy (non-hydrogen) atoms. The summed E-state index contributed by atoms with van der Waals surface area (Å²) in [5, 5.41) is 1.82. The maximum absolute atomic E-state index is 12.3. The fraction of sp³-hybridized carbons (Fsp3) is 0.118. The summed E-state index contributed by atoms with van der Waals surface area (Å²) in [4.78, 5) is 37.2. The number of carbonyl (C=O) groups excluding carboxylic acids is 3. The van der Waals surface area contributed by atoms with Crippen molar-refractivity contribution in [1.29, 1.82) is 0 Å². The molecule has 4 rings (SSSR count). The van der Waals surface area contributed by atoms with Crippen LogP contribution in [-0.4, -0.2) is 23.7 Å². The molecule has 0 aliphatic carbocycles. The quantitative estimate of drug-likeness (QED) is 0.850. The number of imide groups is 1. The van der Waals surface area contributed by atoms with E-state index in [4.69, 9.17) is 9.15 Å². The minimum atomic E-state index is -0.421. The van der Waals surface area contributed by atoms with Gasteiger partial charge in [0.2, 0.25) is 0 Å². The number of carbonyl (C=O) groups is 3. The van der Waals surface area contributed by atoms with Gasteiger partial charge in [0.05, 0.1) is 29.7 Å². The van der Waals surface area contributed by atoms with Gasteiger partial charge in [-0.25, -0.2) is 0 Å². The number of thioether (sulfide) groups is 1. The Morgan fingerprint density at radius 2 is 2.12 bits per heavy atom. The molecule has 2 aromatic rings. The lowest BCUT2D eigenvalue weighted by molar-refractivity contribution is -0.121. The van der Waals surface area contributed by atoms with E-state index in [2.05, 4.69) is 5.32 Å². The lowest BCUT2D eigenvalue weighted by Crippen LogP contribution is -2.38. The van der Waals surface area contributed by atoms with Crippen molar-refractivity contribution in [3.8, 4) is 5.75 Å². The lowest BCUT2D eigenvalue weighted by atomic mass is 10.1. The molecule has 8 heteroatoms. The zero-order chi connectivity index (χ0) is 17.4. The van der Waals surface area contributed by atoms with Crippen molar-refractivity contribution >= 4 is 40.6 Å². The van der Waals surface area contributed by atoms with Crippen molar-refractivity contribution < 1.29 is 23.5 Å². The van der Waals surface area contributed by atoms with Gasteiger partial charge in [-0.15, -0.1) is 0 Å². The molecule has 0 saturated carbocycles. The van der Waals surface area contributed by atoms with E-state index in [1.54, 1.807) is 47.8 Å². The van der Waals surface area contributed by atoms with Gasteiger partial charge in [0.1, 0.15) is 5.75 Å². The molecule has 0 spiro atoms. The van der Waals surface area contributed by atoms with E-state index in [0.29, 0.717) is 28.5 Å². The molecule has 1 saturated heterocycles. The molecule has 3 heterocycles. The summed E-state index contributed by atoms with van der Waals surface area (Å²) in [6.45, 7) is 0.331. The van der Waals surface area contributed by atoms with Crippen LogP contribution in [0.3, 0.4) is 0 Å². The van der Waals surface area contributed by atoms with E-state index in [-0.39, 0.29) is 12.5 Å². The lowest BCUT2D eigenvalue weighted by Gasteiger charge is -2.29. The second kappa shape index (κ2) is 6.14. The molecule has 2 aliphatic heterocycles. The molecule has 1 N–H and O–H groups in total. The summed E-state index contributed by atoms with van der Waals surface area (Å²) in [6, 6.07) is 7.07. The largest absolute Gasteiger partial charge is 0.482 e. The van der Waals surface area contributed by atoms with Crippen LogP contribution < -0.4 is 15.0 Å². The van der Waals surface area contributed by atoms with Gasteiger partial charge in [-0.05, 0) is 41.6 Å². The number of fused-ring (bicyclic) bond motifs is 1. The minimum Gasteiger partial charge on any atom is -0.482 e. The van der Waals surface area contributed by atoms with Gasteiger partial charge in [-0.2, -0.15) is 0 Å². The first-order chi connectivity index (χ1) is 12.1. The van der Waals surface area contributed by atoms with Crippen LogP contribution in [0.5, 0.6) is 5.75 Å². The third kappa shape index (κ3) is 3.03. The number of ether oxygens (including phenoxy) is 1. The Labute approximate surface area is 146 Å². The number of hydrogen-bond donors (Lipinski definition) is 1. The summed E-state index contributed by atoms with van der Waals surface area (Å²) < 4.78 is 10.5. The van der Waals surface area contributed by atoms with Gasteiger partial charge in [0.15, 0.2) is 6.61 Å². The van der Waals surface area contributed by atoms with Crippen molar-refractivity contribution in [2.75, 3.05) is 11.5 Å². The van der Waals surface area contributed by atoms with Gasteiger partial charge in [-0.3, -0.25) is 19.7 Å². The Morgan fingerprint density at radius 3 is 2.84 bits per heavy atom. The Kier molecular flexibility index (Phi) is 3.81. The van der Waals surface area contributed by atoms with Crippen molar-refractivity contribution in [3.05, 3.63) is 52.8 Å². The molecule has 1 aromatic heterocycles. The topological polar surface area (TPSA) is 88.9 Å². The third-order valence-electron chi connectivity index (χ3n) is 3.79. The van der Waals surface area contributed by atoms with E-state index < -0.39 is 11.1 Å². The molecule has 126 valence electrons. The minimum absolute atomic E-state index is 0.0297. The number of rotatable bonds is 3. The second-order valence-corrected chi connectivity index (χ2v) is 6.49. The van der Waals surface area contributed by atoms with E-state index in [1.165, 1.54) is 0 Å². The smallest absolute Gasteiger partial charge is 0.290 e. The number of hydrogen-bond acceptors (Lipinski definition) is 6. The Morgan fingerprint density at radius 1 is 1.24 bits per heavy atom.